The van der Waals surface area contributed by atoms with Gasteiger partial charge in [0.15, 0.2) is 11.5 Å². The van der Waals surface area contributed by atoms with Crippen LogP contribution < -0.4 is 29.7 Å². The number of carbonyl (C=O) groups excluding carboxylic acids is 2. The molecule has 2 aromatic carbocycles. The SMILES string of the molecule is COc1ccc(NC(=O)C(=O)N/N=C\c2ccc3c(c2)OCO3)c(OC)c1. The molecular formula is C18H17N3O6. The maximum atomic E-state index is 12.0. The Bertz CT molecular complexity index is 897. The number of benzene rings is 2. The molecule has 1 heterocycles. The number of hydrazone groups is 1. The number of fused-ring (bicyclic) bond motifs is 1. The summed E-state index contributed by atoms with van der Waals surface area (Å²) in [4.78, 5) is 23.9. The fourth-order valence-corrected chi connectivity index (χ4v) is 2.29. The van der Waals surface area contributed by atoms with E-state index in [0.29, 0.717) is 34.2 Å². The van der Waals surface area contributed by atoms with Crippen molar-refractivity contribution in [2.45, 2.75) is 0 Å². The highest BCUT2D eigenvalue weighted by Gasteiger charge is 2.16. The van der Waals surface area contributed by atoms with Gasteiger partial charge in [-0.05, 0) is 35.9 Å². The van der Waals surface area contributed by atoms with Gasteiger partial charge in [-0.2, -0.15) is 5.10 Å². The van der Waals surface area contributed by atoms with Gasteiger partial charge in [0.05, 0.1) is 26.1 Å². The van der Waals surface area contributed by atoms with E-state index >= 15 is 0 Å². The summed E-state index contributed by atoms with van der Waals surface area (Å²) < 4.78 is 20.7. The fraction of sp³-hybridized carbons (Fsp3) is 0.167. The Morgan fingerprint density at radius 2 is 1.85 bits per heavy atom. The molecule has 0 aliphatic carbocycles. The average Bonchev–Trinajstić information content (AvgIpc) is 3.16. The molecule has 2 amide bonds. The smallest absolute Gasteiger partial charge is 0.329 e. The van der Waals surface area contributed by atoms with Gasteiger partial charge in [-0.1, -0.05) is 0 Å². The second-order valence-corrected chi connectivity index (χ2v) is 5.33. The zero-order valence-electron chi connectivity index (χ0n) is 14.6. The second-order valence-electron chi connectivity index (χ2n) is 5.33. The van der Waals surface area contributed by atoms with Gasteiger partial charge in [-0.3, -0.25) is 9.59 Å². The third-order valence-electron chi connectivity index (χ3n) is 3.64. The first-order chi connectivity index (χ1) is 13.1. The predicted molar refractivity (Wildman–Crippen MR) is 96.5 cm³/mol. The molecule has 0 unspecified atom stereocenters. The molecule has 9 nitrogen and oxygen atoms in total. The highest BCUT2D eigenvalue weighted by molar-refractivity contribution is 6.39. The summed E-state index contributed by atoms with van der Waals surface area (Å²) in [6.07, 6.45) is 1.39. The van der Waals surface area contributed by atoms with E-state index in [9.17, 15) is 9.59 Å². The summed E-state index contributed by atoms with van der Waals surface area (Å²) in [5.74, 6) is 0.340. The maximum Gasteiger partial charge on any atom is 0.329 e. The van der Waals surface area contributed by atoms with Gasteiger partial charge in [0.25, 0.3) is 0 Å². The second kappa shape index (κ2) is 8.09. The van der Waals surface area contributed by atoms with E-state index in [1.54, 1.807) is 36.4 Å². The first-order valence-corrected chi connectivity index (χ1v) is 7.87. The summed E-state index contributed by atoms with van der Waals surface area (Å²) >= 11 is 0. The number of amides is 2. The number of rotatable bonds is 5. The van der Waals surface area contributed by atoms with Crippen LogP contribution in [0.1, 0.15) is 5.56 Å². The Morgan fingerprint density at radius 1 is 1.04 bits per heavy atom. The lowest BCUT2D eigenvalue weighted by Crippen LogP contribution is -2.32. The number of carbonyl (C=O) groups is 2. The van der Waals surface area contributed by atoms with Crippen molar-refractivity contribution in [1.82, 2.24) is 5.43 Å². The minimum atomic E-state index is -0.926. The predicted octanol–water partition coefficient (Wildman–Crippen LogP) is 1.52. The highest BCUT2D eigenvalue weighted by Crippen LogP contribution is 2.32. The Labute approximate surface area is 154 Å². The van der Waals surface area contributed by atoms with Crippen molar-refractivity contribution >= 4 is 23.7 Å². The van der Waals surface area contributed by atoms with Gasteiger partial charge in [0.1, 0.15) is 11.5 Å². The Hall–Kier alpha value is -3.75. The van der Waals surface area contributed by atoms with Gasteiger partial charge in [-0.25, -0.2) is 5.43 Å². The quantitative estimate of drug-likeness (QED) is 0.469. The van der Waals surface area contributed by atoms with Crippen LogP contribution in [0.3, 0.4) is 0 Å². The Morgan fingerprint density at radius 3 is 2.63 bits per heavy atom. The normalized spacial score (nSPS) is 11.9. The van der Waals surface area contributed by atoms with Crippen molar-refractivity contribution < 1.29 is 28.5 Å². The summed E-state index contributed by atoms with van der Waals surface area (Å²) in [6, 6.07) is 9.97. The van der Waals surface area contributed by atoms with Gasteiger partial charge in [-0.15, -0.1) is 0 Å². The number of nitrogens with zero attached hydrogens (tertiary/aromatic N) is 1. The lowest BCUT2D eigenvalue weighted by atomic mass is 10.2. The number of hydrogen-bond donors (Lipinski definition) is 2. The van der Waals surface area contributed by atoms with Crippen molar-refractivity contribution in [2.75, 3.05) is 26.3 Å². The largest absolute Gasteiger partial charge is 0.497 e. The zero-order valence-corrected chi connectivity index (χ0v) is 14.6. The first-order valence-electron chi connectivity index (χ1n) is 7.87. The monoisotopic (exact) mass is 371 g/mol. The van der Waals surface area contributed by atoms with Crippen LogP contribution in [0.25, 0.3) is 0 Å². The molecule has 2 aromatic rings. The van der Waals surface area contributed by atoms with Crippen LogP contribution in [-0.4, -0.2) is 39.0 Å². The summed E-state index contributed by atoms with van der Waals surface area (Å²) in [5, 5.41) is 6.22. The molecule has 0 saturated carbocycles. The number of anilines is 1. The van der Waals surface area contributed by atoms with E-state index in [4.69, 9.17) is 18.9 Å². The standard InChI is InChI=1S/C18H17N3O6/c1-24-12-4-5-13(15(8-12)25-2)20-17(22)18(23)21-19-9-11-3-6-14-16(7-11)27-10-26-14/h3-9H,10H2,1-2H3,(H,20,22)(H,21,23)/b19-9-. The van der Waals surface area contributed by atoms with E-state index < -0.39 is 11.8 Å². The van der Waals surface area contributed by atoms with Crippen LogP contribution >= 0.6 is 0 Å². The van der Waals surface area contributed by atoms with Crippen molar-refractivity contribution in [3.05, 3.63) is 42.0 Å². The van der Waals surface area contributed by atoms with E-state index in [-0.39, 0.29) is 6.79 Å². The van der Waals surface area contributed by atoms with Gasteiger partial charge >= 0.3 is 11.8 Å². The average molecular weight is 371 g/mol. The molecule has 0 saturated heterocycles. The van der Waals surface area contributed by atoms with Crippen LogP contribution in [0, 0.1) is 0 Å². The number of methoxy groups -OCH3 is 2. The van der Waals surface area contributed by atoms with Crippen molar-refractivity contribution in [3.8, 4) is 23.0 Å². The summed E-state index contributed by atoms with van der Waals surface area (Å²) in [7, 11) is 2.96. The third kappa shape index (κ3) is 4.27. The Kier molecular flexibility index (Phi) is 5.41. The van der Waals surface area contributed by atoms with Gasteiger partial charge < -0.3 is 24.3 Å². The minimum Gasteiger partial charge on any atom is -0.497 e. The molecule has 0 aromatic heterocycles. The molecule has 0 atom stereocenters. The van der Waals surface area contributed by atoms with Gasteiger partial charge in [0, 0.05) is 6.07 Å². The van der Waals surface area contributed by atoms with E-state index in [1.165, 1.54) is 20.4 Å². The lowest BCUT2D eigenvalue weighted by molar-refractivity contribution is -0.136. The molecule has 2 N–H and O–H groups in total. The molecule has 0 bridgehead atoms. The van der Waals surface area contributed by atoms with Crippen molar-refractivity contribution in [3.63, 3.8) is 0 Å². The topological polar surface area (TPSA) is 107 Å². The lowest BCUT2D eigenvalue weighted by Gasteiger charge is -2.10. The third-order valence-corrected chi connectivity index (χ3v) is 3.64. The maximum absolute atomic E-state index is 12.0. The van der Waals surface area contributed by atoms with Crippen LogP contribution in [0.4, 0.5) is 5.69 Å². The molecule has 27 heavy (non-hydrogen) atoms. The zero-order chi connectivity index (χ0) is 19.2. The molecule has 1 aliphatic rings. The van der Waals surface area contributed by atoms with Crippen LogP contribution in [0.2, 0.25) is 0 Å². The fourth-order valence-electron chi connectivity index (χ4n) is 2.29. The van der Waals surface area contributed by atoms with E-state index in [2.05, 4.69) is 15.8 Å². The molecule has 0 spiro atoms. The molecule has 140 valence electrons. The molecule has 0 fully saturated rings. The van der Waals surface area contributed by atoms with Crippen LogP contribution in [0.5, 0.6) is 23.0 Å². The number of nitrogens with one attached hydrogen (secondary N) is 2. The van der Waals surface area contributed by atoms with E-state index in [1.807, 2.05) is 0 Å². The number of ether oxygens (including phenoxy) is 4. The molecule has 9 heteroatoms. The van der Waals surface area contributed by atoms with Crippen LogP contribution in [-0.2, 0) is 9.59 Å². The molecule has 3 rings (SSSR count). The van der Waals surface area contributed by atoms with Gasteiger partial charge in [0.2, 0.25) is 6.79 Å². The minimum absolute atomic E-state index is 0.168. The van der Waals surface area contributed by atoms with Crippen molar-refractivity contribution in [1.29, 1.82) is 0 Å². The molecule has 1 aliphatic heterocycles. The first kappa shape index (κ1) is 18.1. The summed E-state index contributed by atoms with van der Waals surface area (Å²) in [6.45, 7) is 0.168. The summed E-state index contributed by atoms with van der Waals surface area (Å²) in [5.41, 5.74) is 3.17. The molecular weight excluding hydrogens is 354 g/mol. The number of hydrogen-bond acceptors (Lipinski definition) is 7. The van der Waals surface area contributed by atoms with Crippen LogP contribution in [0.15, 0.2) is 41.5 Å². The Balaban J connectivity index is 1.59. The highest BCUT2D eigenvalue weighted by atomic mass is 16.7. The van der Waals surface area contributed by atoms with Crippen molar-refractivity contribution in [2.24, 2.45) is 5.10 Å². The van der Waals surface area contributed by atoms with E-state index in [0.717, 1.165) is 0 Å². The molecule has 0 radical (unpaired) electrons.